The summed E-state index contributed by atoms with van der Waals surface area (Å²) in [5, 5.41) is 0. The lowest BCUT2D eigenvalue weighted by Gasteiger charge is -2.23. The van der Waals surface area contributed by atoms with Gasteiger partial charge >= 0.3 is 0 Å². The van der Waals surface area contributed by atoms with Crippen LogP contribution in [0.15, 0.2) is 40.6 Å². The van der Waals surface area contributed by atoms with Crippen molar-refractivity contribution in [1.82, 2.24) is 4.31 Å². The second-order valence-corrected chi connectivity index (χ2v) is 9.17. The highest BCUT2D eigenvalue weighted by Crippen LogP contribution is 2.39. The van der Waals surface area contributed by atoms with Gasteiger partial charge in [0.1, 0.15) is 9.96 Å². The van der Waals surface area contributed by atoms with E-state index in [-0.39, 0.29) is 6.04 Å². The summed E-state index contributed by atoms with van der Waals surface area (Å²) in [5.74, 6) is 0.800. The van der Waals surface area contributed by atoms with E-state index in [1.165, 1.54) is 0 Å². The predicted octanol–water partition coefficient (Wildman–Crippen LogP) is 4.33. The minimum atomic E-state index is -3.50. The van der Waals surface area contributed by atoms with Crippen LogP contribution < -0.4 is 4.74 Å². The molecule has 0 spiro atoms. The maximum atomic E-state index is 12.9. The van der Waals surface area contributed by atoms with Crippen LogP contribution >= 0.6 is 22.9 Å². The zero-order chi connectivity index (χ0) is 16.4. The Hall–Kier alpha value is -1.08. The molecule has 0 saturated carbocycles. The van der Waals surface area contributed by atoms with Gasteiger partial charge in [0.2, 0.25) is 0 Å². The zero-order valence-corrected chi connectivity index (χ0v) is 15.1. The second kappa shape index (κ2) is 6.81. The molecular formula is C16H18ClNO3S2. The molecule has 0 N–H and O–H groups in total. The smallest absolute Gasteiger partial charge is 0.253 e. The Morgan fingerprint density at radius 3 is 2.61 bits per heavy atom. The summed E-state index contributed by atoms with van der Waals surface area (Å²) in [6.07, 6.45) is 1.68. The van der Waals surface area contributed by atoms with Crippen molar-refractivity contribution in [2.24, 2.45) is 0 Å². The van der Waals surface area contributed by atoms with Gasteiger partial charge in [0, 0.05) is 6.54 Å². The monoisotopic (exact) mass is 371 g/mol. The Morgan fingerprint density at radius 2 is 2.00 bits per heavy atom. The largest absolute Gasteiger partial charge is 0.494 e. The number of hydrogen-bond donors (Lipinski definition) is 0. The molecule has 7 heteroatoms. The van der Waals surface area contributed by atoms with Gasteiger partial charge in [0.15, 0.2) is 0 Å². The molecule has 1 aliphatic heterocycles. The molecule has 124 valence electrons. The van der Waals surface area contributed by atoms with Crippen LogP contribution in [0.5, 0.6) is 5.75 Å². The van der Waals surface area contributed by atoms with Crippen molar-refractivity contribution in [1.29, 1.82) is 0 Å². The van der Waals surface area contributed by atoms with Crippen LogP contribution in [0, 0.1) is 0 Å². The summed E-state index contributed by atoms with van der Waals surface area (Å²) in [6.45, 7) is 3.09. The number of benzene rings is 1. The molecule has 1 unspecified atom stereocenters. The molecule has 2 heterocycles. The van der Waals surface area contributed by atoms with Crippen molar-refractivity contribution >= 4 is 33.0 Å². The Balaban J connectivity index is 1.88. The van der Waals surface area contributed by atoms with Crippen molar-refractivity contribution in [3.63, 3.8) is 0 Å². The van der Waals surface area contributed by atoms with Crippen LogP contribution in [0.2, 0.25) is 4.34 Å². The molecule has 3 rings (SSSR count). The molecule has 1 aliphatic rings. The van der Waals surface area contributed by atoms with E-state index in [9.17, 15) is 8.42 Å². The highest BCUT2D eigenvalue weighted by atomic mass is 35.5. The first-order valence-electron chi connectivity index (χ1n) is 7.52. The van der Waals surface area contributed by atoms with Gasteiger partial charge in [-0.15, -0.1) is 11.3 Å². The molecule has 0 aliphatic carbocycles. The Kier molecular flexibility index (Phi) is 4.96. The van der Waals surface area contributed by atoms with E-state index >= 15 is 0 Å². The van der Waals surface area contributed by atoms with Gasteiger partial charge in [-0.3, -0.25) is 0 Å². The normalized spacial score (nSPS) is 19.1. The van der Waals surface area contributed by atoms with Gasteiger partial charge in [-0.05, 0) is 49.6 Å². The Labute approximate surface area is 145 Å². The molecule has 1 saturated heterocycles. The van der Waals surface area contributed by atoms with Crippen LogP contribution in [-0.4, -0.2) is 25.9 Å². The van der Waals surface area contributed by atoms with Gasteiger partial charge < -0.3 is 4.74 Å². The van der Waals surface area contributed by atoms with Crippen molar-refractivity contribution in [2.45, 2.75) is 30.0 Å². The first kappa shape index (κ1) is 16.8. The van der Waals surface area contributed by atoms with Crippen molar-refractivity contribution in [3.05, 3.63) is 46.3 Å². The van der Waals surface area contributed by atoms with Crippen molar-refractivity contribution in [3.8, 4) is 5.75 Å². The molecule has 1 fully saturated rings. The van der Waals surface area contributed by atoms with Crippen LogP contribution in [0.3, 0.4) is 0 Å². The van der Waals surface area contributed by atoms with E-state index in [2.05, 4.69) is 0 Å². The molecule has 1 aromatic carbocycles. The average Bonchev–Trinajstić information content (AvgIpc) is 3.18. The molecule has 2 aromatic rings. The summed E-state index contributed by atoms with van der Waals surface area (Å²) >= 11 is 7.00. The lowest BCUT2D eigenvalue weighted by molar-refractivity contribution is 0.339. The van der Waals surface area contributed by atoms with Gasteiger partial charge in [-0.1, -0.05) is 23.7 Å². The fourth-order valence-corrected chi connectivity index (χ4v) is 6.16. The van der Waals surface area contributed by atoms with Crippen LogP contribution in [0.4, 0.5) is 0 Å². The van der Waals surface area contributed by atoms with Crippen molar-refractivity contribution < 1.29 is 13.2 Å². The van der Waals surface area contributed by atoms with Gasteiger partial charge in [-0.2, -0.15) is 4.31 Å². The standard InChI is InChI=1S/C16H18ClNO3S2/c1-2-21-13-7-5-12(6-8-13)14-4-3-11-18(14)23(19,20)16-10-9-15(17)22-16/h5-10,14H,2-4,11H2,1H3. The molecule has 1 atom stereocenters. The number of nitrogens with zero attached hydrogens (tertiary/aromatic N) is 1. The van der Waals surface area contributed by atoms with Gasteiger partial charge in [-0.25, -0.2) is 8.42 Å². The van der Waals surface area contributed by atoms with Crippen molar-refractivity contribution in [2.75, 3.05) is 13.2 Å². The molecule has 0 amide bonds. The fraction of sp³-hybridized carbons (Fsp3) is 0.375. The fourth-order valence-electron chi connectivity index (χ4n) is 2.87. The number of halogens is 1. The summed E-state index contributed by atoms with van der Waals surface area (Å²) in [4.78, 5) is 0. The topological polar surface area (TPSA) is 46.6 Å². The average molecular weight is 372 g/mol. The predicted molar refractivity (Wildman–Crippen MR) is 92.8 cm³/mol. The summed E-state index contributed by atoms with van der Waals surface area (Å²) in [7, 11) is -3.50. The summed E-state index contributed by atoms with van der Waals surface area (Å²) < 4.78 is 33.5. The molecular weight excluding hydrogens is 354 g/mol. The van der Waals surface area contributed by atoms with E-state index in [1.54, 1.807) is 16.4 Å². The molecule has 1 aromatic heterocycles. The lowest BCUT2D eigenvalue weighted by atomic mass is 10.1. The van der Waals surface area contributed by atoms with E-state index in [4.69, 9.17) is 16.3 Å². The maximum absolute atomic E-state index is 12.9. The summed E-state index contributed by atoms with van der Waals surface area (Å²) in [5.41, 5.74) is 0.997. The van der Waals surface area contributed by atoms with E-state index in [0.29, 0.717) is 21.7 Å². The molecule has 4 nitrogen and oxygen atoms in total. The quantitative estimate of drug-likeness (QED) is 0.786. The third-order valence-corrected chi connectivity index (χ3v) is 7.50. The molecule has 0 radical (unpaired) electrons. The number of ether oxygens (including phenoxy) is 1. The third-order valence-electron chi connectivity index (χ3n) is 3.89. The maximum Gasteiger partial charge on any atom is 0.253 e. The minimum Gasteiger partial charge on any atom is -0.494 e. The van der Waals surface area contributed by atoms with E-state index in [1.807, 2.05) is 31.2 Å². The Morgan fingerprint density at radius 1 is 1.26 bits per heavy atom. The zero-order valence-electron chi connectivity index (χ0n) is 12.7. The third kappa shape index (κ3) is 3.40. The lowest BCUT2D eigenvalue weighted by Crippen LogP contribution is -2.30. The number of sulfonamides is 1. The molecule has 23 heavy (non-hydrogen) atoms. The number of rotatable bonds is 5. The Bertz CT molecular complexity index is 771. The SMILES string of the molecule is CCOc1ccc(C2CCCN2S(=O)(=O)c2ccc(Cl)s2)cc1. The first-order valence-corrected chi connectivity index (χ1v) is 10.2. The summed E-state index contributed by atoms with van der Waals surface area (Å²) in [6, 6.07) is 10.8. The van der Waals surface area contributed by atoms with Crippen LogP contribution in [0.1, 0.15) is 31.4 Å². The highest BCUT2D eigenvalue weighted by Gasteiger charge is 2.36. The van der Waals surface area contributed by atoms with Gasteiger partial charge in [0.05, 0.1) is 17.0 Å². The first-order chi connectivity index (χ1) is 11.0. The van der Waals surface area contributed by atoms with Crippen LogP contribution in [0.25, 0.3) is 0 Å². The van der Waals surface area contributed by atoms with Gasteiger partial charge in [0.25, 0.3) is 10.0 Å². The number of hydrogen-bond acceptors (Lipinski definition) is 4. The van der Waals surface area contributed by atoms with E-state index in [0.717, 1.165) is 35.5 Å². The number of thiophene rings is 1. The second-order valence-electron chi connectivity index (χ2n) is 5.33. The highest BCUT2D eigenvalue weighted by molar-refractivity contribution is 7.91. The van der Waals surface area contributed by atoms with Crippen LogP contribution in [-0.2, 0) is 10.0 Å². The molecule has 0 bridgehead atoms. The van der Waals surface area contributed by atoms with E-state index < -0.39 is 10.0 Å². The minimum absolute atomic E-state index is 0.128.